The van der Waals surface area contributed by atoms with E-state index in [1.54, 1.807) is 0 Å². The van der Waals surface area contributed by atoms with E-state index in [-0.39, 0.29) is 12.6 Å². The van der Waals surface area contributed by atoms with Crippen molar-refractivity contribution in [3.05, 3.63) is 24.4 Å². The number of allylic oxidation sites excluding steroid dienone is 1. The summed E-state index contributed by atoms with van der Waals surface area (Å²) in [6, 6.07) is 0. The maximum Gasteiger partial charge on any atom is 0.306 e. The summed E-state index contributed by atoms with van der Waals surface area (Å²) in [5.74, 6) is 0.0926. The molecule has 0 bridgehead atoms. The van der Waals surface area contributed by atoms with Gasteiger partial charge in [-0.05, 0) is 0 Å². The van der Waals surface area contributed by atoms with Gasteiger partial charge in [0.2, 0.25) is 6.79 Å². The van der Waals surface area contributed by atoms with Crippen LogP contribution in [0.4, 0.5) is 0 Å². The van der Waals surface area contributed by atoms with Gasteiger partial charge in [-0.15, -0.1) is 0 Å². The van der Waals surface area contributed by atoms with Crippen LogP contribution in [-0.2, 0) is 23.8 Å². The molecule has 0 aromatic heterocycles. The van der Waals surface area contributed by atoms with Crippen molar-refractivity contribution < 1.29 is 22.1 Å². The molecular weight excluding hydrogens is 184 g/mol. The van der Waals surface area contributed by atoms with Crippen LogP contribution in [0.2, 0.25) is 0 Å². The zero-order valence-corrected chi connectivity index (χ0v) is 7.21. The second-order valence-corrected chi connectivity index (χ2v) is 3.64. The van der Waals surface area contributed by atoms with Crippen molar-refractivity contribution in [1.29, 1.82) is 0 Å². The molecule has 0 aliphatic carbocycles. The monoisotopic (exact) mass is 192 g/mol. The molecule has 12 heavy (non-hydrogen) atoms. The van der Waals surface area contributed by atoms with Crippen LogP contribution in [0, 0.1) is 0 Å². The van der Waals surface area contributed by atoms with Gasteiger partial charge in [-0.3, -0.25) is 0 Å². The molecule has 0 saturated carbocycles. The highest BCUT2D eigenvalue weighted by Crippen LogP contribution is 2.07. The van der Waals surface area contributed by atoms with E-state index in [1.807, 2.05) is 0 Å². The van der Waals surface area contributed by atoms with Crippen LogP contribution in [-0.4, -0.2) is 21.5 Å². The van der Waals surface area contributed by atoms with Crippen LogP contribution in [0.1, 0.15) is 0 Å². The van der Waals surface area contributed by atoms with Gasteiger partial charge >= 0.3 is 10.1 Å². The van der Waals surface area contributed by atoms with Gasteiger partial charge < -0.3 is 13.7 Å². The van der Waals surface area contributed by atoms with Crippen LogP contribution in [0.5, 0.6) is 0 Å². The van der Waals surface area contributed by atoms with Gasteiger partial charge in [0, 0.05) is 6.08 Å². The van der Waals surface area contributed by atoms with E-state index in [0.29, 0.717) is 0 Å². The number of rotatable bonds is 2. The predicted molar refractivity (Wildman–Crippen MR) is 40.2 cm³/mol. The zero-order chi connectivity index (χ0) is 9.03. The summed E-state index contributed by atoms with van der Waals surface area (Å²) < 4.78 is 35.2. The van der Waals surface area contributed by atoms with Gasteiger partial charge in [-0.2, -0.15) is 8.42 Å². The quantitative estimate of drug-likeness (QED) is 0.590. The lowest BCUT2D eigenvalue weighted by Gasteiger charge is -2.00. The summed E-state index contributed by atoms with van der Waals surface area (Å²) in [6.45, 7) is 0.0487. The Labute approximate surface area is 70.4 Å². The Balaban J connectivity index is 2.67. The molecule has 0 aromatic rings. The van der Waals surface area contributed by atoms with Gasteiger partial charge in [0.15, 0.2) is 5.76 Å². The highest BCUT2D eigenvalue weighted by atomic mass is 32.2. The Hall–Kier alpha value is -1.17. The highest BCUT2D eigenvalue weighted by Gasteiger charge is 2.06. The summed E-state index contributed by atoms with van der Waals surface area (Å²) in [5, 5.41) is 0. The molecule has 0 fully saturated rings. The Morgan fingerprint density at radius 1 is 1.50 bits per heavy atom. The minimum Gasteiger partial charge on any atom is -0.465 e. The molecule has 0 N–H and O–H groups in total. The van der Waals surface area contributed by atoms with E-state index in [0.717, 1.165) is 6.26 Å². The van der Waals surface area contributed by atoms with E-state index in [4.69, 9.17) is 9.47 Å². The SMILES string of the molecule is CS(=O)(=O)OC1=COCOC=C1. The average Bonchev–Trinajstić information content (AvgIpc) is 2.12. The van der Waals surface area contributed by atoms with E-state index in [9.17, 15) is 8.42 Å². The van der Waals surface area contributed by atoms with E-state index < -0.39 is 10.1 Å². The summed E-state index contributed by atoms with van der Waals surface area (Å²) in [7, 11) is -3.50. The summed E-state index contributed by atoms with van der Waals surface area (Å²) in [5.41, 5.74) is 0. The van der Waals surface area contributed by atoms with E-state index in [1.165, 1.54) is 18.6 Å². The van der Waals surface area contributed by atoms with Crippen LogP contribution < -0.4 is 0 Å². The second-order valence-electron chi connectivity index (χ2n) is 2.06. The fourth-order valence-electron chi connectivity index (χ4n) is 0.571. The molecule has 0 spiro atoms. The molecule has 1 aliphatic rings. The maximum absolute atomic E-state index is 10.6. The average molecular weight is 192 g/mol. The standard InChI is InChI=1S/C6H8O5S/c1-12(7,8)11-6-2-3-9-5-10-4-6/h2-4H,5H2,1H3. The van der Waals surface area contributed by atoms with Crippen LogP contribution in [0.25, 0.3) is 0 Å². The van der Waals surface area contributed by atoms with Gasteiger partial charge in [-0.25, -0.2) is 0 Å². The first-order valence-electron chi connectivity index (χ1n) is 3.07. The molecule has 1 rings (SSSR count). The molecule has 1 heterocycles. The van der Waals surface area contributed by atoms with Crippen LogP contribution >= 0.6 is 0 Å². The molecule has 68 valence electrons. The molecule has 0 aromatic carbocycles. The van der Waals surface area contributed by atoms with Crippen molar-refractivity contribution in [3.8, 4) is 0 Å². The van der Waals surface area contributed by atoms with Crippen LogP contribution in [0.15, 0.2) is 24.4 Å². The fraction of sp³-hybridized carbons (Fsp3) is 0.333. The normalized spacial score (nSPS) is 16.9. The summed E-state index contributed by atoms with van der Waals surface area (Å²) in [6.07, 6.45) is 4.77. The second kappa shape index (κ2) is 3.48. The van der Waals surface area contributed by atoms with Gasteiger partial charge in [0.25, 0.3) is 0 Å². The van der Waals surface area contributed by atoms with Crippen molar-refractivity contribution in [1.82, 2.24) is 0 Å². The Bertz CT molecular complexity index is 300. The van der Waals surface area contributed by atoms with Gasteiger partial charge in [0.1, 0.15) is 6.26 Å². The zero-order valence-electron chi connectivity index (χ0n) is 6.39. The number of hydrogen-bond acceptors (Lipinski definition) is 5. The highest BCUT2D eigenvalue weighted by molar-refractivity contribution is 7.86. The molecule has 5 nitrogen and oxygen atoms in total. The first-order chi connectivity index (χ1) is 5.58. The molecule has 0 unspecified atom stereocenters. The summed E-state index contributed by atoms with van der Waals surface area (Å²) in [4.78, 5) is 0. The summed E-state index contributed by atoms with van der Waals surface area (Å²) >= 11 is 0. The third-order valence-corrected chi connectivity index (χ3v) is 1.41. The van der Waals surface area contributed by atoms with Crippen molar-refractivity contribution >= 4 is 10.1 Å². The number of ether oxygens (including phenoxy) is 2. The fourth-order valence-corrected chi connectivity index (χ4v) is 1.02. The lowest BCUT2D eigenvalue weighted by molar-refractivity contribution is 0.0467. The molecular formula is C6H8O5S. The van der Waals surface area contributed by atoms with Crippen molar-refractivity contribution in [2.24, 2.45) is 0 Å². The minimum absolute atomic E-state index is 0.0487. The van der Waals surface area contributed by atoms with Crippen LogP contribution in [0.3, 0.4) is 0 Å². The third kappa shape index (κ3) is 3.29. The topological polar surface area (TPSA) is 61.8 Å². The lowest BCUT2D eigenvalue weighted by Crippen LogP contribution is -2.01. The van der Waals surface area contributed by atoms with Gasteiger partial charge in [0.05, 0.1) is 12.5 Å². The molecule has 0 atom stereocenters. The Kier molecular flexibility index (Phi) is 2.59. The Morgan fingerprint density at radius 3 is 2.92 bits per heavy atom. The molecule has 6 heteroatoms. The molecule has 0 saturated heterocycles. The van der Waals surface area contributed by atoms with Crippen molar-refractivity contribution in [2.75, 3.05) is 13.0 Å². The predicted octanol–water partition coefficient (Wildman–Crippen LogP) is 0.322. The first-order valence-corrected chi connectivity index (χ1v) is 4.89. The van der Waals surface area contributed by atoms with E-state index in [2.05, 4.69) is 4.18 Å². The Morgan fingerprint density at radius 2 is 2.25 bits per heavy atom. The smallest absolute Gasteiger partial charge is 0.306 e. The largest absolute Gasteiger partial charge is 0.465 e. The first kappa shape index (κ1) is 8.92. The van der Waals surface area contributed by atoms with Crippen molar-refractivity contribution in [3.63, 3.8) is 0 Å². The lowest BCUT2D eigenvalue weighted by atomic mass is 10.5. The molecule has 1 aliphatic heterocycles. The van der Waals surface area contributed by atoms with Crippen molar-refractivity contribution in [2.45, 2.75) is 0 Å². The molecule has 0 radical (unpaired) electrons. The number of hydrogen-bond donors (Lipinski definition) is 0. The maximum atomic E-state index is 10.6. The van der Waals surface area contributed by atoms with Gasteiger partial charge in [-0.1, -0.05) is 0 Å². The minimum atomic E-state index is -3.50. The molecule has 0 amide bonds. The third-order valence-electron chi connectivity index (χ3n) is 0.912. The van der Waals surface area contributed by atoms with E-state index >= 15 is 0 Å².